The molecule has 0 radical (unpaired) electrons. The summed E-state index contributed by atoms with van der Waals surface area (Å²) in [5.41, 5.74) is 1.68. The van der Waals surface area contributed by atoms with Gasteiger partial charge in [-0.15, -0.1) is 0 Å². The lowest BCUT2D eigenvalue weighted by Crippen LogP contribution is -2.29. The lowest BCUT2D eigenvalue weighted by Gasteiger charge is -2.16. The molecule has 0 aromatic carbocycles. The van der Waals surface area contributed by atoms with Crippen molar-refractivity contribution in [3.63, 3.8) is 0 Å². The second-order valence-electron chi connectivity index (χ2n) is 6.93. The molecule has 7 nitrogen and oxygen atoms in total. The summed E-state index contributed by atoms with van der Waals surface area (Å²) in [7, 11) is -3.20. The van der Waals surface area contributed by atoms with E-state index in [9.17, 15) is 13.2 Å². The molecule has 1 saturated carbocycles. The molecule has 1 fully saturated rings. The van der Waals surface area contributed by atoms with Crippen molar-refractivity contribution in [2.24, 2.45) is 5.92 Å². The first-order valence-electron chi connectivity index (χ1n) is 8.69. The molecule has 8 heteroatoms. The fourth-order valence-corrected chi connectivity index (χ4v) is 4.43. The van der Waals surface area contributed by atoms with Crippen LogP contribution in [-0.4, -0.2) is 41.2 Å². The molecular formula is C16H26N4O3S. The molecule has 1 aliphatic carbocycles. The molecule has 24 heavy (non-hydrogen) atoms. The standard InChI is InChI=1S/C16H26N4O3S/c1-24(22,23)19-7-4-8-20-15(12-19)10-14(18-20)11-17-16(21)9-13-5-2-3-6-13/h10,13H,2-9,11-12H2,1H3,(H,17,21). The summed E-state index contributed by atoms with van der Waals surface area (Å²) < 4.78 is 26.9. The predicted molar refractivity (Wildman–Crippen MR) is 90.5 cm³/mol. The Morgan fingerprint density at radius 3 is 2.75 bits per heavy atom. The highest BCUT2D eigenvalue weighted by Gasteiger charge is 2.23. The second kappa shape index (κ2) is 7.23. The Morgan fingerprint density at radius 1 is 1.29 bits per heavy atom. The molecule has 2 aliphatic rings. The van der Waals surface area contributed by atoms with Crippen LogP contribution in [0, 0.1) is 5.92 Å². The van der Waals surface area contributed by atoms with Gasteiger partial charge in [-0.2, -0.15) is 9.40 Å². The van der Waals surface area contributed by atoms with Crippen LogP contribution < -0.4 is 5.32 Å². The van der Waals surface area contributed by atoms with Crippen molar-refractivity contribution < 1.29 is 13.2 Å². The molecule has 1 aliphatic heterocycles. The van der Waals surface area contributed by atoms with Crippen molar-refractivity contribution in [1.82, 2.24) is 19.4 Å². The number of hydrogen-bond acceptors (Lipinski definition) is 4. The van der Waals surface area contributed by atoms with Gasteiger partial charge >= 0.3 is 0 Å². The summed E-state index contributed by atoms with van der Waals surface area (Å²) in [4.78, 5) is 12.0. The zero-order valence-corrected chi connectivity index (χ0v) is 15.0. The van der Waals surface area contributed by atoms with Gasteiger partial charge < -0.3 is 5.32 Å². The highest BCUT2D eigenvalue weighted by Crippen LogP contribution is 2.27. The molecule has 1 N–H and O–H groups in total. The Labute approximate surface area is 143 Å². The van der Waals surface area contributed by atoms with E-state index in [2.05, 4.69) is 10.4 Å². The van der Waals surface area contributed by atoms with Gasteiger partial charge in [0.05, 0.1) is 30.7 Å². The molecule has 0 atom stereocenters. The Hall–Kier alpha value is -1.41. The minimum atomic E-state index is -3.20. The van der Waals surface area contributed by atoms with Gasteiger partial charge in [-0.3, -0.25) is 9.48 Å². The molecule has 2 heterocycles. The first-order valence-corrected chi connectivity index (χ1v) is 10.5. The summed E-state index contributed by atoms with van der Waals surface area (Å²) in [6.07, 6.45) is 7.39. The maximum Gasteiger partial charge on any atom is 0.220 e. The predicted octanol–water partition coefficient (Wildman–Crippen LogP) is 1.24. The van der Waals surface area contributed by atoms with Crippen molar-refractivity contribution in [2.75, 3.05) is 12.8 Å². The van der Waals surface area contributed by atoms with Crippen molar-refractivity contribution in [1.29, 1.82) is 0 Å². The van der Waals surface area contributed by atoms with E-state index in [-0.39, 0.29) is 5.91 Å². The number of sulfonamides is 1. The van der Waals surface area contributed by atoms with Crippen LogP contribution in [0.2, 0.25) is 0 Å². The van der Waals surface area contributed by atoms with E-state index in [0.717, 1.165) is 30.7 Å². The van der Waals surface area contributed by atoms with Crippen LogP contribution in [0.15, 0.2) is 6.07 Å². The molecular weight excluding hydrogens is 328 g/mol. The summed E-state index contributed by atoms with van der Waals surface area (Å²) in [6, 6.07) is 1.90. The molecule has 1 aromatic rings. The molecule has 134 valence electrons. The van der Waals surface area contributed by atoms with Crippen LogP contribution in [0.4, 0.5) is 0 Å². The number of aromatic nitrogens is 2. The number of nitrogens with one attached hydrogen (secondary N) is 1. The van der Waals surface area contributed by atoms with Crippen molar-refractivity contribution >= 4 is 15.9 Å². The van der Waals surface area contributed by atoms with Crippen LogP contribution in [0.1, 0.15) is 49.9 Å². The SMILES string of the molecule is CS(=O)(=O)N1CCCn2nc(CNC(=O)CC3CCCC3)cc2C1. The average molecular weight is 354 g/mol. The third kappa shape index (κ3) is 4.36. The first-order chi connectivity index (χ1) is 11.4. The first kappa shape index (κ1) is 17.4. The van der Waals surface area contributed by atoms with Gasteiger partial charge in [-0.25, -0.2) is 8.42 Å². The number of carbonyl (C=O) groups excluding carboxylic acids is 1. The van der Waals surface area contributed by atoms with Crippen molar-refractivity contribution in [2.45, 2.75) is 58.2 Å². The fourth-order valence-electron chi connectivity index (χ4n) is 3.60. The third-order valence-electron chi connectivity index (χ3n) is 4.91. The summed E-state index contributed by atoms with van der Waals surface area (Å²) in [6.45, 7) is 1.99. The zero-order valence-electron chi connectivity index (χ0n) is 14.2. The van der Waals surface area contributed by atoms with Gasteiger partial charge in [0.25, 0.3) is 0 Å². The Balaban J connectivity index is 1.57. The molecule has 1 amide bonds. The van der Waals surface area contributed by atoms with Gasteiger partial charge in [0.1, 0.15) is 0 Å². The number of fused-ring (bicyclic) bond motifs is 1. The van der Waals surface area contributed by atoms with Gasteiger partial charge in [0, 0.05) is 19.5 Å². The number of amides is 1. The molecule has 0 spiro atoms. The topological polar surface area (TPSA) is 84.3 Å². The fraction of sp³-hybridized carbons (Fsp3) is 0.750. The van der Waals surface area contributed by atoms with E-state index in [1.54, 1.807) is 0 Å². The van der Waals surface area contributed by atoms with Gasteiger partial charge in [-0.05, 0) is 31.2 Å². The number of carbonyl (C=O) groups is 1. The lowest BCUT2D eigenvalue weighted by molar-refractivity contribution is -0.122. The highest BCUT2D eigenvalue weighted by molar-refractivity contribution is 7.88. The number of hydrogen-bond donors (Lipinski definition) is 1. The van der Waals surface area contributed by atoms with Gasteiger partial charge in [-0.1, -0.05) is 12.8 Å². The van der Waals surface area contributed by atoms with Crippen LogP contribution in [-0.2, 0) is 34.5 Å². The smallest absolute Gasteiger partial charge is 0.220 e. The quantitative estimate of drug-likeness (QED) is 0.862. The van der Waals surface area contributed by atoms with E-state index in [0.29, 0.717) is 38.5 Å². The van der Waals surface area contributed by atoms with E-state index < -0.39 is 10.0 Å². The number of rotatable bonds is 5. The molecule has 0 unspecified atom stereocenters. The zero-order chi connectivity index (χ0) is 17.2. The van der Waals surface area contributed by atoms with Crippen molar-refractivity contribution in [3.8, 4) is 0 Å². The maximum atomic E-state index is 12.0. The minimum absolute atomic E-state index is 0.0860. The second-order valence-corrected chi connectivity index (χ2v) is 8.91. The maximum absolute atomic E-state index is 12.0. The van der Waals surface area contributed by atoms with Crippen LogP contribution in [0.3, 0.4) is 0 Å². The molecule has 3 rings (SSSR count). The Bertz CT molecular complexity index is 692. The number of aryl methyl sites for hydroxylation is 1. The van der Waals surface area contributed by atoms with E-state index >= 15 is 0 Å². The Morgan fingerprint density at radius 2 is 2.04 bits per heavy atom. The normalized spacial score (nSPS) is 19.9. The van der Waals surface area contributed by atoms with Crippen LogP contribution >= 0.6 is 0 Å². The third-order valence-corrected chi connectivity index (χ3v) is 6.16. The molecule has 0 saturated heterocycles. The van der Waals surface area contributed by atoms with E-state index in [4.69, 9.17) is 0 Å². The van der Waals surface area contributed by atoms with E-state index in [1.165, 1.54) is 23.4 Å². The average Bonchev–Trinajstić information content (AvgIpc) is 3.09. The Kier molecular flexibility index (Phi) is 5.24. The summed E-state index contributed by atoms with van der Waals surface area (Å²) >= 11 is 0. The number of nitrogens with zero attached hydrogens (tertiary/aromatic N) is 3. The monoisotopic (exact) mass is 354 g/mol. The van der Waals surface area contributed by atoms with Crippen LogP contribution in [0.5, 0.6) is 0 Å². The van der Waals surface area contributed by atoms with Crippen LogP contribution in [0.25, 0.3) is 0 Å². The molecule has 1 aromatic heterocycles. The van der Waals surface area contributed by atoms with E-state index in [1.807, 2.05) is 10.7 Å². The van der Waals surface area contributed by atoms with Gasteiger partial charge in [0.2, 0.25) is 15.9 Å². The lowest BCUT2D eigenvalue weighted by atomic mass is 10.0. The molecule has 0 bridgehead atoms. The van der Waals surface area contributed by atoms with Crippen molar-refractivity contribution in [3.05, 3.63) is 17.5 Å². The largest absolute Gasteiger partial charge is 0.350 e. The summed E-state index contributed by atoms with van der Waals surface area (Å²) in [5.74, 6) is 0.620. The summed E-state index contributed by atoms with van der Waals surface area (Å²) in [5, 5.41) is 7.46. The minimum Gasteiger partial charge on any atom is -0.350 e. The van der Waals surface area contributed by atoms with Gasteiger partial charge in [0.15, 0.2) is 0 Å². The highest BCUT2D eigenvalue weighted by atomic mass is 32.2.